The fraction of sp³-hybridized carbons (Fsp3) is 0.571. The Kier molecular flexibility index (Phi) is 3.74. The van der Waals surface area contributed by atoms with Gasteiger partial charge in [0.05, 0.1) is 6.10 Å². The van der Waals surface area contributed by atoms with Gasteiger partial charge in [-0.15, -0.1) is 6.42 Å². The van der Waals surface area contributed by atoms with E-state index in [4.69, 9.17) is 11.5 Å². The van der Waals surface area contributed by atoms with E-state index < -0.39 is 6.10 Å². The van der Waals surface area contributed by atoms with Gasteiger partial charge in [-0.1, -0.05) is 0 Å². The maximum absolute atomic E-state index is 10.4. The van der Waals surface area contributed by atoms with Crippen LogP contribution in [0.3, 0.4) is 0 Å². The molecule has 2 nitrogen and oxygen atoms in total. The Bertz CT molecular complexity index is 130. The molecule has 0 aromatic heterocycles. The minimum absolute atomic E-state index is 0.240. The molecular formula is C7H10O2. The van der Waals surface area contributed by atoms with Gasteiger partial charge in [0.2, 0.25) is 5.78 Å². The topological polar surface area (TPSA) is 37.3 Å². The normalized spacial score (nSPS) is 12.1. The van der Waals surface area contributed by atoms with Gasteiger partial charge in [0.1, 0.15) is 0 Å². The fourth-order valence-corrected chi connectivity index (χ4v) is 0.412. The Labute approximate surface area is 54.9 Å². The third-order valence-electron chi connectivity index (χ3n) is 0.950. The molecule has 0 aliphatic carbocycles. The van der Waals surface area contributed by atoms with Crippen LogP contribution in [0.5, 0.6) is 0 Å². The van der Waals surface area contributed by atoms with Crippen molar-refractivity contribution < 1.29 is 9.90 Å². The summed E-state index contributed by atoms with van der Waals surface area (Å²) in [5.41, 5.74) is 0. The van der Waals surface area contributed by atoms with Gasteiger partial charge in [0.15, 0.2) is 0 Å². The van der Waals surface area contributed by atoms with Crippen molar-refractivity contribution in [3.05, 3.63) is 0 Å². The Hall–Kier alpha value is -0.810. The largest absolute Gasteiger partial charge is 0.393 e. The molecule has 9 heavy (non-hydrogen) atoms. The number of terminal acetylenes is 1. The number of hydrogen-bond acceptors (Lipinski definition) is 2. The molecule has 0 aromatic rings. The fourth-order valence-electron chi connectivity index (χ4n) is 0.412. The summed E-state index contributed by atoms with van der Waals surface area (Å²) in [4.78, 5) is 10.4. The molecule has 1 N–H and O–H groups in total. The number of ketones is 1. The molecule has 50 valence electrons. The summed E-state index contributed by atoms with van der Waals surface area (Å²) in [6.45, 7) is 1.63. The van der Waals surface area contributed by atoms with Gasteiger partial charge in [-0.3, -0.25) is 4.79 Å². The first kappa shape index (κ1) is 8.19. The Morgan fingerprint density at radius 3 is 2.78 bits per heavy atom. The van der Waals surface area contributed by atoms with Gasteiger partial charge in [-0.25, -0.2) is 0 Å². The third-order valence-corrected chi connectivity index (χ3v) is 0.950. The second-order valence-corrected chi connectivity index (χ2v) is 1.96. The van der Waals surface area contributed by atoms with Crippen LogP contribution in [0.25, 0.3) is 0 Å². The summed E-state index contributed by atoms with van der Waals surface area (Å²) < 4.78 is 0. The van der Waals surface area contributed by atoms with Gasteiger partial charge in [0.25, 0.3) is 0 Å². The predicted octanol–water partition coefficient (Wildman–Crippen LogP) is 0.350. The summed E-state index contributed by atoms with van der Waals surface area (Å²) in [5, 5.41) is 8.68. The predicted molar refractivity (Wildman–Crippen MR) is 34.8 cm³/mol. The van der Waals surface area contributed by atoms with Gasteiger partial charge < -0.3 is 5.11 Å². The molecule has 0 aliphatic rings. The minimum Gasteiger partial charge on any atom is -0.393 e. The van der Waals surface area contributed by atoms with E-state index >= 15 is 0 Å². The van der Waals surface area contributed by atoms with Crippen LogP contribution in [0.15, 0.2) is 0 Å². The molecule has 0 radical (unpaired) electrons. The van der Waals surface area contributed by atoms with E-state index in [-0.39, 0.29) is 12.2 Å². The van der Waals surface area contributed by atoms with E-state index in [9.17, 15) is 4.79 Å². The summed E-state index contributed by atoms with van der Waals surface area (Å²) in [6, 6.07) is 0. The Morgan fingerprint density at radius 1 is 1.89 bits per heavy atom. The van der Waals surface area contributed by atoms with Crippen molar-refractivity contribution >= 4 is 5.78 Å². The van der Waals surface area contributed by atoms with E-state index in [1.54, 1.807) is 6.92 Å². The van der Waals surface area contributed by atoms with Crippen LogP contribution in [0.2, 0.25) is 0 Å². The highest BCUT2D eigenvalue weighted by atomic mass is 16.3. The third kappa shape index (κ3) is 5.05. The molecule has 0 saturated carbocycles. The zero-order valence-electron chi connectivity index (χ0n) is 5.42. The number of aliphatic hydroxyl groups excluding tert-OH is 1. The van der Waals surface area contributed by atoms with Crippen LogP contribution in [0.1, 0.15) is 19.8 Å². The van der Waals surface area contributed by atoms with Crippen molar-refractivity contribution in [1.82, 2.24) is 0 Å². The second kappa shape index (κ2) is 4.11. The van der Waals surface area contributed by atoms with E-state index in [2.05, 4.69) is 0 Å². The van der Waals surface area contributed by atoms with Crippen LogP contribution >= 0.6 is 0 Å². The first-order chi connectivity index (χ1) is 4.16. The molecular weight excluding hydrogens is 116 g/mol. The zero-order chi connectivity index (χ0) is 7.28. The zero-order valence-corrected chi connectivity index (χ0v) is 5.42. The SMILES string of the molecule is C#CC(=O)CCC(C)O. The summed E-state index contributed by atoms with van der Waals surface area (Å²) in [7, 11) is 0. The number of rotatable bonds is 3. The highest BCUT2D eigenvalue weighted by Crippen LogP contribution is 1.94. The smallest absolute Gasteiger partial charge is 0.205 e. The molecule has 0 spiro atoms. The molecule has 1 unspecified atom stereocenters. The standard InChI is InChI=1S/C7H10O2/c1-3-7(9)5-4-6(2)8/h1,6,8H,4-5H2,2H3. The summed E-state index contributed by atoms with van der Waals surface area (Å²) in [6.07, 6.45) is 5.10. The van der Waals surface area contributed by atoms with Crippen molar-refractivity contribution in [2.75, 3.05) is 0 Å². The lowest BCUT2D eigenvalue weighted by Gasteiger charge is -1.97. The average molecular weight is 126 g/mol. The number of hydrogen-bond donors (Lipinski definition) is 1. The van der Waals surface area contributed by atoms with Crippen molar-refractivity contribution in [3.63, 3.8) is 0 Å². The summed E-state index contributed by atoms with van der Waals surface area (Å²) in [5.74, 6) is 1.73. The molecule has 2 heteroatoms. The highest BCUT2D eigenvalue weighted by molar-refractivity contribution is 5.94. The van der Waals surface area contributed by atoms with Crippen LogP contribution in [0.4, 0.5) is 0 Å². The molecule has 1 atom stereocenters. The molecule has 0 rings (SSSR count). The lowest BCUT2D eigenvalue weighted by molar-refractivity contribution is -0.114. The maximum atomic E-state index is 10.4. The van der Waals surface area contributed by atoms with Crippen LogP contribution in [-0.2, 0) is 4.79 Å². The Balaban J connectivity index is 3.31. The molecule has 0 saturated heterocycles. The van der Waals surface area contributed by atoms with Gasteiger partial charge in [0, 0.05) is 6.42 Å². The van der Waals surface area contributed by atoms with E-state index in [0.29, 0.717) is 6.42 Å². The molecule has 0 aromatic carbocycles. The van der Waals surface area contributed by atoms with Crippen LogP contribution in [0, 0.1) is 12.3 Å². The van der Waals surface area contributed by atoms with Crippen LogP contribution in [-0.4, -0.2) is 17.0 Å². The van der Waals surface area contributed by atoms with Gasteiger partial charge >= 0.3 is 0 Å². The maximum Gasteiger partial charge on any atom is 0.205 e. The number of carbonyl (C=O) groups is 1. The molecule has 0 aliphatic heterocycles. The summed E-state index contributed by atoms with van der Waals surface area (Å²) >= 11 is 0. The number of aliphatic hydroxyl groups is 1. The van der Waals surface area contributed by atoms with Crippen molar-refractivity contribution in [1.29, 1.82) is 0 Å². The molecule has 0 bridgehead atoms. The van der Waals surface area contributed by atoms with Crippen molar-refractivity contribution in [2.24, 2.45) is 0 Å². The first-order valence-corrected chi connectivity index (χ1v) is 2.84. The van der Waals surface area contributed by atoms with Crippen LogP contribution < -0.4 is 0 Å². The van der Waals surface area contributed by atoms with Gasteiger partial charge in [-0.05, 0) is 19.3 Å². The lowest BCUT2D eigenvalue weighted by atomic mass is 10.2. The minimum atomic E-state index is -0.428. The van der Waals surface area contributed by atoms with Gasteiger partial charge in [-0.2, -0.15) is 0 Å². The first-order valence-electron chi connectivity index (χ1n) is 2.84. The number of Topliss-reactive ketones (excluding diaryl/α,β-unsaturated/α-hetero) is 1. The molecule has 0 fully saturated rings. The molecule has 0 amide bonds. The van der Waals surface area contributed by atoms with Crippen molar-refractivity contribution in [3.8, 4) is 12.3 Å². The second-order valence-electron chi connectivity index (χ2n) is 1.96. The lowest BCUT2D eigenvalue weighted by Crippen LogP contribution is -2.03. The monoisotopic (exact) mass is 126 g/mol. The Morgan fingerprint density at radius 2 is 2.44 bits per heavy atom. The van der Waals surface area contributed by atoms with E-state index in [0.717, 1.165) is 0 Å². The van der Waals surface area contributed by atoms with Crippen molar-refractivity contribution in [2.45, 2.75) is 25.9 Å². The number of carbonyl (C=O) groups excluding carboxylic acids is 1. The van der Waals surface area contributed by atoms with E-state index in [1.165, 1.54) is 0 Å². The van der Waals surface area contributed by atoms with E-state index in [1.807, 2.05) is 5.92 Å². The highest BCUT2D eigenvalue weighted by Gasteiger charge is 1.99. The quantitative estimate of drug-likeness (QED) is 0.437. The molecule has 0 heterocycles. The average Bonchev–Trinajstić information content (AvgIpc) is 1.83.